The molecule has 0 aliphatic rings. The van der Waals surface area contributed by atoms with E-state index in [9.17, 15) is 9.59 Å². The Hall–Kier alpha value is -2.10. The smallest absolute Gasteiger partial charge is 0.337 e. The van der Waals surface area contributed by atoms with Crippen molar-refractivity contribution in [3.05, 3.63) is 41.0 Å². The van der Waals surface area contributed by atoms with Crippen LogP contribution in [-0.4, -0.2) is 26.2 Å². The molecule has 1 rings (SSSR count). The number of rotatable bonds is 4. The Balaban J connectivity index is 3.23. The Kier molecular flexibility index (Phi) is 5.11. The van der Waals surface area contributed by atoms with Gasteiger partial charge in [0.05, 0.1) is 25.3 Å². The molecule has 0 saturated heterocycles. The topological polar surface area (TPSA) is 52.6 Å². The lowest BCUT2D eigenvalue weighted by Crippen LogP contribution is -2.07. The van der Waals surface area contributed by atoms with Crippen molar-refractivity contribution >= 4 is 18.0 Å². The van der Waals surface area contributed by atoms with Gasteiger partial charge in [-0.15, -0.1) is 0 Å². The van der Waals surface area contributed by atoms with Crippen LogP contribution < -0.4 is 0 Å². The van der Waals surface area contributed by atoms with Crippen molar-refractivity contribution in [1.82, 2.24) is 0 Å². The molecule has 0 unspecified atom stereocenters. The van der Waals surface area contributed by atoms with Crippen molar-refractivity contribution in [3.8, 4) is 0 Å². The lowest BCUT2D eigenvalue weighted by Gasteiger charge is -2.05. The molecule has 0 radical (unpaired) electrons. The first kappa shape index (κ1) is 14.0. The van der Waals surface area contributed by atoms with Crippen molar-refractivity contribution in [3.63, 3.8) is 0 Å². The normalized spacial score (nSPS) is 10.4. The zero-order valence-corrected chi connectivity index (χ0v) is 10.7. The van der Waals surface area contributed by atoms with E-state index in [1.165, 1.54) is 20.3 Å². The van der Waals surface area contributed by atoms with Gasteiger partial charge in [0.2, 0.25) is 0 Å². The highest BCUT2D eigenvalue weighted by Crippen LogP contribution is 2.14. The molecule has 4 nitrogen and oxygen atoms in total. The van der Waals surface area contributed by atoms with Crippen LogP contribution in [-0.2, 0) is 9.47 Å². The van der Waals surface area contributed by atoms with Crippen molar-refractivity contribution in [2.45, 2.75) is 13.3 Å². The van der Waals surface area contributed by atoms with Crippen molar-refractivity contribution in [2.75, 3.05) is 14.2 Å². The molecule has 1 aromatic carbocycles. The first-order valence-electron chi connectivity index (χ1n) is 5.60. The molecule has 1 aromatic rings. The van der Waals surface area contributed by atoms with Crippen LogP contribution >= 0.6 is 0 Å². The van der Waals surface area contributed by atoms with Crippen LogP contribution in [0.4, 0.5) is 0 Å². The average molecular weight is 248 g/mol. The maximum absolute atomic E-state index is 11.5. The summed E-state index contributed by atoms with van der Waals surface area (Å²) in [6.45, 7) is 2.00. The van der Waals surface area contributed by atoms with E-state index in [2.05, 4.69) is 9.47 Å². The van der Waals surface area contributed by atoms with Crippen molar-refractivity contribution < 1.29 is 19.1 Å². The number of carbonyl (C=O) groups is 2. The standard InChI is InChI=1S/C14H16O4/c1-4-5-6-10-7-11(13(15)17-2)9-12(8-10)14(16)18-3/h5-9H,4H2,1-3H3/b6-5+. The van der Waals surface area contributed by atoms with E-state index >= 15 is 0 Å². The van der Waals surface area contributed by atoms with Gasteiger partial charge in [-0.1, -0.05) is 19.1 Å². The van der Waals surface area contributed by atoms with Gasteiger partial charge in [-0.2, -0.15) is 0 Å². The predicted octanol–water partition coefficient (Wildman–Crippen LogP) is 2.68. The number of carbonyl (C=O) groups excluding carboxylic acids is 2. The van der Waals surface area contributed by atoms with Crippen molar-refractivity contribution in [1.29, 1.82) is 0 Å². The highest BCUT2D eigenvalue weighted by atomic mass is 16.5. The summed E-state index contributed by atoms with van der Waals surface area (Å²) in [5.74, 6) is -0.959. The summed E-state index contributed by atoms with van der Waals surface area (Å²) in [6, 6.07) is 4.80. The third-order valence-electron chi connectivity index (χ3n) is 2.34. The molecule has 0 aromatic heterocycles. The van der Waals surface area contributed by atoms with Gasteiger partial charge >= 0.3 is 11.9 Å². The second-order valence-corrected chi connectivity index (χ2v) is 3.64. The van der Waals surface area contributed by atoms with E-state index in [0.29, 0.717) is 11.1 Å². The van der Waals surface area contributed by atoms with Gasteiger partial charge in [0.15, 0.2) is 0 Å². The highest BCUT2D eigenvalue weighted by molar-refractivity contribution is 5.96. The van der Waals surface area contributed by atoms with Gasteiger partial charge in [-0.05, 0) is 30.2 Å². The summed E-state index contributed by atoms with van der Waals surface area (Å²) < 4.78 is 9.30. The Morgan fingerprint density at radius 2 is 1.56 bits per heavy atom. The van der Waals surface area contributed by atoms with E-state index in [4.69, 9.17) is 0 Å². The second-order valence-electron chi connectivity index (χ2n) is 3.64. The van der Waals surface area contributed by atoms with Crippen LogP contribution in [0.5, 0.6) is 0 Å². The number of hydrogen-bond acceptors (Lipinski definition) is 4. The van der Waals surface area contributed by atoms with Crippen LogP contribution in [0.2, 0.25) is 0 Å². The summed E-state index contributed by atoms with van der Waals surface area (Å²) in [7, 11) is 2.60. The summed E-state index contributed by atoms with van der Waals surface area (Å²) in [5, 5.41) is 0. The van der Waals surface area contributed by atoms with Crippen LogP contribution in [0.15, 0.2) is 24.3 Å². The largest absolute Gasteiger partial charge is 0.465 e. The van der Waals surface area contributed by atoms with Gasteiger partial charge < -0.3 is 9.47 Å². The van der Waals surface area contributed by atoms with Gasteiger partial charge in [0, 0.05) is 0 Å². The molecule has 4 heteroatoms. The quantitative estimate of drug-likeness (QED) is 0.769. The number of hydrogen-bond donors (Lipinski definition) is 0. The minimum absolute atomic E-state index is 0.330. The third kappa shape index (κ3) is 3.45. The maximum atomic E-state index is 11.5. The maximum Gasteiger partial charge on any atom is 0.337 e. The monoisotopic (exact) mass is 248 g/mol. The average Bonchev–Trinajstić information content (AvgIpc) is 2.42. The van der Waals surface area contributed by atoms with Gasteiger partial charge in [0.1, 0.15) is 0 Å². The predicted molar refractivity (Wildman–Crippen MR) is 68.4 cm³/mol. The minimum atomic E-state index is -0.480. The van der Waals surface area contributed by atoms with Crippen LogP contribution in [0.3, 0.4) is 0 Å². The number of esters is 2. The van der Waals surface area contributed by atoms with E-state index in [1.54, 1.807) is 12.1 Å². The highest BCUT2D eigenvalue weighted by Gasteiger charge is 2.12. The Bertz CT molecular complexity index is 440. The van der Waals surface area contributed by atoms with E-state index in [-0.39, 0.29) is 0 Å². The summed E-state index contributed by atoms with van der Waals surface area (Å²) in [5.41, 5.74) is 1.42. The number of methoxy groups -OCH3 is 2. The zero-order valence-electron chi connectivity index (χ0n) is 10.7. The first-order chi connectivity index (χ1) is 8.62. The van der Waals surface area contributed by atoms with E-state index in [0.717, 1.165) is 12.0 Å². The lowest BCUT2D eigenvalue weighted by molar-refractivity contribution is 0.0599. The first-order valence-corrected chi connectivity index (χ1v) is 5.60. The fourth-order valence-electron chi connectivity index (χ4n) is 1.47. The molecule has 0 aliphatic carbocycles. The number of benzene rings is 1. The SMILES string of the molecule is CC/C=C/c1cc(C(=O)OC)cc(C(=O)OC)c1. The fraction of sp³-hybridized carbons (Fsp3) is 0.286. The van der Waals surface area contributed by atoms with Gasteiger partial charge in [-0.3, -0.25) is 0 Å². The number of ether oxygens (including phenoxy) is 2. The van der Waals surface area contributed by atoms with Gasteiger partial charge in [-0.25, -0.2) is 9.59 Å². The fourth-order valence-corrected chi connectivity index (χ4v) is 1.47. The molecule has 0 aliphatic heterocycles. The molecule has 0 heterocycles. The lowest BCUT2D eigenvalue weighted by atomic mass is 10.0. The number of allylic oxidation sites excluding steroid dienone is 1. The molecular formula is C14H16O4. The zero-order chi connectivity index (χ0) is 13.5. The molecule has 0 N–H and O–H groups in total. The molecule has 0 spiro atoms. The second kappa shape index (κ2) is 6.59. The molecule has 0 saturated carbocycles. The summed E-state index contributed by atoms with van der Waals surface area (Å²) in [6.07, 6.45) is 4.66. The van der Waals surface area contributed by atoms with Crippen LogP contribution in [0.1, 0.15) is 39.6 Å². The van der Waals surface area contributed by atoms with Crippen LogP contribution in [0.25, 0.3) is 6.08 Å². The molecule has 96 valence electrons. The molecule has 18 heavy (non-hydrogen) atoms. The van der Waals surface area contributed by atoms with Crippen molar-refractivity contribution in [2.24, 2.45) is 0 Å². The Morgan fingerprint density at radius 3 is 1.94 bits per heavy atom. The summed E-state index contributed by atoms with van der Waals surface area (Å²) >= 11 is 0. The summed E-state index contributed by atoms with van der Waals surface area (Å²) in [4.78, 5) is 23.0. The van der Waals surface area contributed by atoms with E-state index < -0.39 is 11.9 Å². The molecular weight excluding hydrogens is 232 g/mol. The Morgan fingerprint density at radius 1 is 1.06 bits per heavy atom. The molecule has 0 bridgehead atoms. The Labute approximate surface area is 106 Å². The van der Waals surface area contributed by atoms with Crippen LogP contribution in [0, 0.1) is 0 Å². The molecule has 0 fully saturated rings. The van der Waals surface area contributed by atoms with E-state index in [1.807, 2.05) is 19.1 Å². The molecule has 0 atom stereocenters. The van der Waals surface area contributed by atoms with Gasteiger partial charge in [0.25, 0.3) is 0 Å². The molecule has 0 amide bonds. The minimum Gasteiger partial charge on any atom is -0.465 e. The third-order valence-corrected chi connectivity index (χ3v) is 2.34.